The molecule has 3 rings (SSSR count). The number of nitrogens with zero attached hydrogens (tertiary/aromatic N) is 2. The molecule has 2 aromatic carbocycles. The van der Waals surface area contributed by atoms with Gasteiger partial charge in [-0.25, -0.2) is 8.42 Å². The van der Waals surface area contributed by atoms with Crippen LogP contribution in [0, 0.1) is 11.3 Å². The molecule has 158 valence electrons. The van der Waals surface area contributed by atoms with E-state index in [1.165, 1.54) is 4.31 Å². The minimum Gasteiger partial charge on any atom is -0.476 e. The molecule has 7 nitrogen and oxygen atoms in total. The highest BCUT2D eigenvalue weighted by molar-refractivity contribution is 7.92. The Labute approximate surface area is 177 Å². The van der Waals surface area contributed by atoms with Crippen LogP contribution in [-0.4, -0.2) is 33.2 Å². The summed E-state index contributed by atoms with van der Waals surface area (Å²) in [7, 11) is -3.61. The summed E-state index contributed by atoms with van der Waals surface area (Å²) in [6.45, 7) is 6.02. The highest BCUT2D eigenvalue weighted by Gasteiger charge is 2.35. The van der Waals surface area contributed by atoms with E-state index in [2.05, 4.69) is 11.4 Å². The predicted molar refractivity (Wildman–Crippen MR) is 116 cm³/mol. The number of anilines is 2. The monoisotopic (exact) mass is 427 g/mol. The van der Waals surface area contributed by atoms with Crippen molar-refractivity contribution in [1.29, 1.82) is 5.26 Å². The zero-order valence-corrected chi connectivity index (χ0v) is 18.3. The number of hydrogen-bond donors (Lipinski definition) is 1. The first-order chi connectivity index (χ1) is 14.0. The third-order valence-electron chi connectivity index (χ3n) is 4.89. The van der Waals surface area contributed by atoms with Crippen LogP contribution in [0.25, 0.3) is 0 Å². The van der Waals surface area contributed by atoms with Crippen molar-refractivity contribution >= 4 is 27.3 Å². The number of hydrogen-bond acceptors (Lipinski definition) is 5. The van der Waals surface area contributed by atoms with E-state index >= 15 is 0 Å². The fraction of sp³-hybridized carbons (Fsp3) is 0.364. The van der Waals surface area contributed by atoms with Crippen LogP contribution in [0.4, 0.5) is 11.4 Å². The zero-order chi connectivity index (χ0) is 22.1. The molecule has 0 radical (unpaired) electrons. The summed E-state index contributed by atoms with van der Waals surface area (Å²) in [4.78, 5) is 12.8. The minimum absolute atomic E-state index is 0.113. The Balaban J connectivity index is 1.86. The summed E-state index contributed by atoms with van der Waals surface area (Å²) in [5.41, 5.74) is 2.64. The van der Waals surface area contributed by atoms with E-state index in [4.69, 9.17) is 10.00 Å². The highest BCUT2D eigenvalue weighted by atomic mass is 32.2. The normalized spacial score (nSPS) is 16.2. The SMILES string of the molecule is CC(C)(C)c1ccc2c(c1)N(S(C)(=O)=O)C[C@@H](C(=O)Nc1ccc(CC#N)cc1)O2. The summed E-state index contributed by atoms with van der Waals surface area (Å²) in [6, 6.07) is 14.4. The van der Waals surface area contributed by atoms with Crippen molar-refractivity contribution in [2.24, 2.45) is 0 Å². The van der Waals surface area contributed by atoms with Crippen molar-refractivity contribution in [1.82, 2.24) is 0 Å². The zero-order valence-electron chi connectivity index (χ0n) is 17.5. The van der Waals surface area contributed by atoms with Crippen LogP contribution in [0.3, 0.4) is 0 Å². The Kier molecular flexibility index (Phi) is 5.77. The molecule has 0 saturated heterocycles. The fourth-order valence-corrected chi connectivity index (χ4v) is 4.09. The second-order valence-corrected chi connectivity index (χ2v) is 10.3. The third-order valence-corrected chi connectivity index (χ3v) is 6.04. The van der Waals surface area contributed by atoms with Gasteiger partial charge in [-0.05, 0) is 40.8 Å². The standard InChI is InChI=1S/C22H25N3O4S/c1-22(2,3)16-7-10-19-18(13-16)25(30(4,27)28)14-20(29-19)21(26)24-17-8-5-15(6-9-17)11-12-23/h5-10,13,20H,11,14H2,1-4H3,(H,24,26)/t20-/m0/s1. The van der Waals surface area contributed by atoms with E-state index in [0.29, 0.717) is 17.1 Å². The van der Waals surface area contributed by atoms with Gasteiger partial charge in [-0.1, -0.05) is 39.0 Å². The molecule has 30 heavy (non-hydrogen) atoms. The van der Waals surface area contributed by atoms with Crippen molar-refractivity contribution < 1.29 is 17.9 Å². The van der Waals surface area contributed by atoms with Crippen LogP contribution in [0.5, 0.6) is 5.75 Å². The molecular formula is C22H25N3O4S. The molecule has 1 heterocycles. The van der Waals surface area contributed by atoms with Gasteiger partial charge in [0, 0.05) is 5.69 Å². The number of carbonyl (C=O) groups excluding carboxylic acids is 1. The van der Waals surface area contributed by atoms with E-state index in [1.54, 1.807) is 36.4 Å². The third kappa shape index (κ3) is 4.74. The number of fused-ring (bicyclic) bond motifs is 1. The number of nitrogens with one attached hydrogen (secondary N) is 1. The maximum Gasteiger partial charge on any atom is 0.267 e. The van der Waals surface area contributed by atoms with Gasteiger partial charge in [-0.3, -0.25) is 9.10 Å². The van der Waals surface area contributed by atoms with Gasteiger partial charge in [0.05, 0.1) is 31.0 Å². The predicted octanol–water partition coefficient (Wildman–Crippen LogP) is 3.22. The minimum atomic E-state index is -3.61. The van der Waals surface area contributed by atoms with Crippen LogP contribution < -0.4 is 14.4 Å². The number of rotatable bonds is 4. The molecule has 1 aliphatic rings. The van der Waals surface area contributed by atoms with Gasteiger partial charge in [-0.15, -0.1) is 0 Å². The molecule has 8 heteroatoms. The number of sulfonamides is 1. The second kappa shape index (κ2) is 8.00. The van der Waals surface area contributed by atoms with Crippen molar-refractivity contribution in [2.75, 3.05) is 22.4 Å². The molecule has 2 aromatic rings. The summed E-state index contributed by atoms with van der Waals surface area (Å²) in [5.74, 6) is -0.0913. The molecule has 1 N–H and O–H groups in total. The molecular weight excluding hydrogens is 402 g/mol. The first-order valence-electron chi connectivity index (χ1n) is 9.54. The molecule has 0 fully saturated rings. The summed E-state index contributed by atoms with van der Waals surface area (Å²) >= 11 is 0. The molecule has 0 saturated carbocycles. The number of carbonyl (C=O) groups is 1. The molecule has 0 unspecified atom stereocenters. The van der Waals surface area contributed by atoms with Gasteiger partial charge >= 0.3 is 0 Å². The van der Waals surface area contributed by atoms with Crippen molar-refractivity contribution in [3.63, 3.8) is 0 Å². The Morgan fingerprint density at radius 2 is 1.90 bits per heavy atom. The summed E-state index contributed by atoms with van der Waals surface area (Å²) in [6.07, 6.45) is 0.414. The lowest BCUT2D eigenvalue weighted by molar-refractivity contribution is -0.122. The van der Waals surface area contributed by atoms with Gasteiger partial charge < -0.3 is 10.1 Å². The Morgan fingerprint density at radius 1 is 1.23 bits per heavy atom. The van der Waals surface area contributed by atoms with Gasteiger partial charge in [0.2, 0.25) is 10.0 Å². The van der Waals surface area contributed by atoms with Crippen molar-refractivity contribution in [3.05, 3.63) is 53.6 Å². The largest absolute Gasteiger partial charge is 0.476 e. The lowest BCUT2D eigenvalue weighted by Crippen LogP contribution is -2.48. The lowest BCUT2D eigenvalue weighted by Gasteiger charge is -2.35. The summed E-state index contributed by atoms with van der Waals surface area (Å²) in [5, 5.41) is 11.5. The van der Waals surface area contributed by atoms with E-state index in [-0.39, 0.29) is 18.4 Å². The molecule has 0 aromatic heterocycles. The Hall–Kier alpha value is -3.05. The van der Waals surface area contributed by atoms with Gasteiger partial charge in [0.25, 0.3) is 5.91 Å². The van der Waals surface area contributed by atoms with Crippen LogP contribution in [0.2, 0.25) is 0 Å². The average molecular weight is 428 g/mol. The van der Waals surface area contributed by atoms with E-state index in [0.717, 1.165) is 17.4 Å². The molecule has 0 aliphatic carbocycles. The van der Waals surface area contributed by atoms with Gasteiger partial charge in [0.1, 0.15) is 5.75 Å². The first kappa shape index (κ1) is 21.7. The first-order valence-corrected chi connectivity index (χ1v) is 11.4. The van der Waals surface area contributed by atoms with Crippen LogP contribution in [0.1, 0.15) is 31.9 Å². The number of ether oxygens (including phenoxy) is 1. The van der Waals surface area contributed by atoms with Crippen molar-refractivity contribution in [3.8, 4) is 11.8 Å². The van der Waals surface area contributed by atoms with Crippen LogP contribution in [-0.2, 0) is 26.7 Å². The van der Waals surface area contributed by atoms with E-state index in [9.17, 15) is 13.2 Å². The fourth-order valence-electron chi connectivity index (χ4n) is 3.19. The average Bonchev–Trinajstić information content (AvgIpc) is 2.67. The molecule has 1 amide bonds. The van der Waals surface area contributed by atoms with Gasteiger partial charge in [-0.2, -0.15) is 5.26 Å². The maximum atomic E-state index is 12.8. The Morgan fingerprint density at radius 3 is 2.47 bits per heavy atom. The molecule has 1 atom stereocenters. The van der Waals surface area contributed by atoms with Crippen LogP contribution >= 0.6 is 0 Å². The molecule has 0 spiro atoms. The topological polar surface area (TPSA) is 99.5 Å². The van der Waals surface area contributed by atoms with E-state index < -0.39 is 22.0 Å². The molecule has 0 bridgehead atoms. The van der Waals surface area contributed by atoms with Crippen molar-refractivity contribution in [2.45, 2.75) is 38.7 Å². The smallest absolute Gasteiger partial charge is 0.267 e. The van der Waals surface area contributed by atoms with Gasteiger partial charge in [0.15, 0.2) is 6.10 Å². The quantitative estimate of drug-likeness (QED) is 0.808. The number of amides is 1. The second-order valence-electron chi connectivity index (χ2n) is 8.35. The highest BCUT2D eigenvalue weighted by Crippen LogP contribution is 2.38. The molecule has 1 aliphatic heterocycles. The van der Waals surface area contributed by atoms with Crippen LogP contribution in [0.15, 0.2) is 42.5 Å². The number of benzene rings is 2. The maximum absolute atomic E-state index is 12.8. The summed E-state index contributed by atoms with van der Waals surface area (Å²) < 4.78 is 32.0. The number of nitriles is 1. The Bertz CT molecular complexity index is 1100. The van der Waals surface area contributed by atoms with E-state index in [1.807, 2.05) is 26.8 Å². The lowest BCUT2D eigenvalue weighted by atomic mass is 9.86.